The van der Waals surface area contributed by atoms with Crippen LogP contribution in [0.2, 0.25) is 0 Å². The first kappa shape index (κ1) is 43.3. The van der Waals surface area contributed by atoms with Crippen LogP contribution in [0.15, 0.2) is 121 Å². The van der Waals surface area contributed by atoms with Crippen LogP contribution in [0.4, 0.5) is 0 Å². The number of hydrogen-bond donors (Lipinski definition) is 4. The summed E-state index contributed by atoms with van der Waals surface area (Å²) in [6.07, 6.45) is -7.75. The van der Waals surface area contributed by atoms with Gasteiger partial charge in [0.05, 0.1) is 13.2 Å². The Bertz CT molecular complexity index is 1660. The zero-order valence-electron chi connectivity index (χ0n) is 32.2. The summed E-state index contributed by atoms with van der Waals surface area (Å²) in [4.78, 5) is 54.5. The molecule has 12 heteroatoms. The van der Waals surface area contributed by atoms with Crippen LogP contribution in [-0.4, -0.2) is 70.5 Å². The molecular formula is C44H52N2O10. The van der Waals surface area contributed by atoms with Gasteiger partial charge in [0.15, 0.2) is 12.2 Å². The summed E-state index contributed by atoms with van der Waals surface area (Å²) >= 11 is 0. The van der Waals surface area contributed by atoms with Gasteiger partial charge in [-0.1, -0.05) is 149 Å². The van der Waals surface area contributed by atoms with E-state index in [1.165, 1.54) is 0 Å². The van der Waals surface area contributed by atoms with Crippen molar-refractivity contribution in [2.24, 2.45) is 11.8 Å². The fourth-order valence-corrected chi connectivity index (χ4v) is 5.64. The van der Waals surface area contributed by atoms with Crippen molar-refractivity contribution in [1.82, 2.24) is 10.6 Å². The number of aliphatic hydroxyl groups excluding tert-OH is 2. The second-order valence-corrected chi connectivity index (χ2v) is 14.1. The maximum absolute atomic E-state index is 14.0. The number of aliphatic hydroxyl groups is 2. The van der Waals surface area contributed by atoms with Gasteiger partial charge < -0.3 is 39.8 Å². The number of esters is 2. The Morgan fingerprint density at radius 2 is 0.732 bits per heavy atom. The summed E-state index contributed by atoms with van der Waals surface area (Å²) in [5.74, 6) is -4.18. The molecule has 12 nitrogen and oxygen atoms in total. The summed E-state index contributed by atoms with van der Waals surface area (Å²) in [7, 11) is 0. The highest BCUT2D eigenvalue weighted by molar-refractivity contribution is 5.89. The van der Waals surface area contributed by atoms with Crippen LogP contribution in [0.25, 0.3) is 0 Å². The van der Waals surface area contributed by atoms with E-state index in [1.54, 1.807) is 113 Å². The standard InChI is InChI=1S/C44H52N2O10/c1-29(2)35(43(51)55-27-33-21-13-7-14-22-33)45-41(49)39(53-25-31-17-9-5-10-18-31)37(47)38(48)40(54-26-32-19-11-6-12-20-32)42(50)46-36(30(3)4)44(52)56-28-34-23-15-8-16-24-34/h5-24,29-30,35-40,47-48H,25-28H2,1-4H3,(H,45,49)(H,46,50)/t35-,36-,37+,38+,39+,40+/m0/s1. The van der Waals surface area contributed by atoms with Crippen molar-refractivity contribution < 1.29 is 48.3 Å². The Balaban J connectivity index is 1.57. The molecule has 4 aromatic carbocycles. The Hall–Kier alpha value is -5.40. The van der Waals surface area contributed by atoms with Crippen LogP contribution in [0, 0.1) is 11.8 Å². The van der Waals surface area contributed by atoms with Gasteiger partial charge in [0.2, 0.25) is 0 Å². The van der Waals surface area contributed by atoms with Crippen molar-refractivity contribution in [3.05, 3.63) is 144 Å². The van der Waals surface area contributed by atoms with Crippen molar-refractivity contribution in [2.75, 3.05) is 0 Å². The molecule has 4 N–H and O–H groups in total. The summed E-state index contributed by atoms with van der Waals surface area (Å²) < 4.78 is 22.9. The lowest BCUT2D eigenvalue weighted by molar-refractivity contribution is -0.173. The average molecular weight is 769 g/mol. The van der Waals surface area contributed by atoms with E-state index < -0.39 is 72.1 Å². The van der Waals surface area contributed by atoms with Gasteiger partial charge in [-0.05, 0) is 34.1 Å². The normalized spacial score (nSPS) is 14.5. The van der Waals surface area contributed by atoms with E-state index in [4.69, 9.17) is 18.9 Å². The van der Waals surface area contributed by atoms with Crippen molar-refractivity contribution in [1.29, 1.82) is 0 Å². The third kappa shape index (κ3) is 13.4. The zero-order valence-corrected chi connectivity index (χ0v) is 32.2. The molecule has 4 rings (SSSR count). The molecular weight excluding hydrogens is 716 g/mol. The first-order valence-corrected chi connectivity index (χ1v) is 18.6. The second-order valence-electron chi connectivity index (χ2n) is 14.1. The highest BCUT2D eigenvalue weighted by atomic mass is 16.5. The van der Waals surface area contributed by atoms with E-state index in [9.17, 15) is 29.4 Å². The highest BCUT2D eigenvalue weighted by Gasteiger charge is 2.43. The minimum absolute atomic E-state index is 0.0270. The lowest BCUT2D eigenvalue weighted by Crippen LogP contribution is -2.59. The van der Waals surface area contributed by atoms with Crippen LogP contribution < -0.4 is 10.6 Å². The lowest BCUT2D eigenvalue weighted by Gasteiger charge is -2.32. The minimum Gasteiger partial charge on any atom is -0.459 e. The molecule has 0 saturated carbocycles. The zero-order chi connectivity index (χ0) is 40.5. The third-order valence-corrected chi connectivity index (χ3v) is 8.92. The molecule has 0 aliphatic heterocycles. The summed E-state index contributed by atoms with van der Waals surface area (Å²) in [5, 5.41) is 28.7. The molecule has 4 aromatic rings. The largest absolute Gasteiger partial charge is 0.459 e. The number of nitrogens with one attached hydrogen (secondary N) is 2. The second kappa shape index (κ2) is 22.2. The lowest BCUT2D eigenvalue weighted by atomic mass is 9.98. The number of amides is 2. The number of hydrogen-bond acceptors (Lipinski definition) is 10. The Morgan fingerprint density at radius 3 is 1.00 bits per heavy atom. The van der Waals surface area contributed by atoms with Crippen molar-refractivity contribution >= 4 is 23.8 Å². The van der Waals surface area contributed by atoms with Gasteiger partial charge in [0.1, 0.15) is 37.5 Å². The third-order valence-electron chi connectivity index (χ3n) is 8.92. The van der Waals surface area contributed by atoms with Gasteiger partial charge in [0.25, 0.3) is 11.8 Å². The van der Waals surface area contributed by atoms with Crippen LogP contribution in [0.1, 0.15) is 49.9 Å². The van der Waals surface area contributed by atoms with Gasteiger partial charge in [-0.2, -0.15) is 0 Å². The van der Waals surface area contributed by atoms with E-state index in [1.807, 2.05) is 36.4 Å². The van der Waals surface area contributed by atoms with E-state index >= 15 is 0 Å². The topological polar surface area (TPSA) is 170 Å². The van der Waals surface area contributed by atoms with Crippen molar-refractivity contribution in [3.63, 3.8) is 0 Å². The monoisotopic (exact) mass is 768 g/mol. The smallest absolute Gasteiger partial charge is 0.329 e. The van der Waals surface area contributed by atoms with E-state index in [-0.39, 0.29) is 26.4 Å². The van der Waals surface area contributed by atoms with Crippen LogP contribution in [0.5, 0.6) is 0 Å². The van der Waals surface area contributed by atoms with E-state index in [2.05, 4.69) is 10.6 Å². The van der Waals surface area contributed by atoms with Gasteiger partial charge in [-0.15, -0.1) is 0 Å². The summed E-state index contributed by atoms with van der Waals surface area (Å²) in [5.41, 5.74) is 2.80. The van der Waals surface area contributed by atoms with Gasteiger partial charge >= 0.3 is 11.9 Å². The predicted molar refractivity (Wildman–Crippen MR) is 208 cm³/mol. The molecule has 298 valence electrons. The molecule has 0 aliphatic rings. The number of rotatable bonds is 21. The molecule has 6 atom stereocenters. The number of carbonyl (C=O) groups excluding carboxylic acids is 4. The Labute approximate surface area is 328 Å². The van der Waals surface area contributed by atoms with Gasteiger partial charge in [0, 0.05) is 0 Å². The maximum Gasteiger partial charge on any atom is 0.329 e. The molecule has 0 unspecified atom stereocenters. The molecule has 56 heavy (non-hydrogen) atoms. The molecule has 0 aromatic heterocycles. The molecule has 0 spiro atoms. The van der Waals surface area contributed by atoms with Crippen molar-refractivity contribution in [3.8, 4) is 0 Å². The Morgan fingerprint density at radius 1 is 0.464 bits per heavy atom. The molecule has 0 saturated heterocycles. The van der Waals surface area contributed by atoms with Crippen LogP contribution in [0.3, 0.4) is 0 Å². The minimum atomic E-state index is -2.07. The quantitative estimate of drug-likeness (QED) is 0.0876. The number of ether oxygens (including phenoxy) is 4. The number of carbonyl (C=O) groups is 4. The van der Waals surface area contributed by atoms with E-state index in [0.717, 1.165) is 11.1 Å². The van der Waals surface area contributed by atoms with Gasteiger partial charge in [-0.25, -0.2) is 9.59 Å². The highest BCUT2D eigenvalue weighted by Crippen LogP contribution is 2.19. The first-order valence-electron chi connectivity index (χ1n) is 18.6. The SMILES string of the molecule is CC(C)[C@H](NC(=O)[C@H](OCc1ccccc1)[C@H](O)[C@@H](O)[C@@H](OCc1ccccc1)C(=O)N[C@H](C(=O)OCc1ccccc1)C(C)C)C(=O)OCc1ccccc1. The summed E-state index contributed by atoms with van der Waals surface area (Å²) in [6.45, 7) is 6.47. The summed E-state index contributed by atoms with van der Waals surface area (Å²) in [6, 6.07) is 33.5. The molecule has 0 heterocycles. The fraction of sp³-hybridized carbons (Fsp3) is 0.364. The average Bonchev–Trinajstić information content (AvgIpc) is 3.21. The van der Waals surface area contributed by atoms with Gasteiger partial charge in [-0.3, -0.25) is 9.59 Å². The molecule has 0 fully saturated rings. The first-order chi connectivity index (χ1) is 26.9. The predicted octanol–water partition coefficient (Wildman–Crippen LogP) is 4.65. The Kier molecular flexibility index (Phi) is 17.2. The van der Waals surface area contributed by atoms with Crippen LogP contribution >= 0.6 is 0 Å². The van der Waals surface area contributed by atoms with Crippen LogP contribution in [-0.2, 0) is 64.6 Å². The molecule has 0 radical (unpaired) electrons. The maximum atomic E-state index is 14.0. The van der Waals surface area contributed by atoms with E-state index in [0.29, 0.717) is 11.1 Å². The fourth-order valence-electron chi connectivity index (χ4n) is 5.64. The molecule has 0 bridgehead atoms. The number of benzene rings is 4. The molecule has 2 amide bonds. The molecule has 0 aliphatic carbocycles. The van der Waals surface area contributed by atoms with Crippen molar-refractivity contribution in [2.45, 2.75) is 90.6 Å².